The number of piperazine rings is 1. The van der Waals surface area contributed by atoms with Crippen LogP contribution in [0.4, 0.5) is 14.5 Å². The van der Waals surface area contributed by atoms with Gasteiger partial charge < -0.3 is 5.32 Å². The average Bonchev–Trinajstić information content (AvgIpc) is 2.38. The van der Waals surface area contributed by atoms with Crippen LogP contribution in [0, 0.1) is 11.6 Å². The summed E-state index contributed by atoms with van der Waals surface area (Å²) in [5.74, 6) is -2.41. The van der Waals surface area contributed by atoms with Gasteiger partial charge in [0.2, 0.25) is 11.8 Å². The summed E-state index contributed by atoms with van der Waals surface area (Å²) < 4.78 is 27.3. The Hall–Kier alpha value is -1.50. The van der Waals surface area contributed by atoms with Crippen molar-refractivity contribution in [3.8, 4) is 0 Å². The molecular weight excluding hydrogens is 334 g/mol. The van der Waals surface area contributed by atoms with Gasteiger partial charge in [-0.2, -0.15) is 0 Å². The number of nitrogens with one attached hydrogen (secondary N) is 1. The van der Waals surface area contributed by atoms with Gasteiger partial charge in [0.15, 0.2) is 0 Å². The lowest BCUT2D eigenvalue weighted by Gasteiger charge is -2.37. The first-order chi connectivity index (χ1) is 9.36. The molecule has 1 saturated heterocycles. The lowest BCUT2D eigenvalue weighted by atomic mass is 10.0. The van der Waals surface area contributed by atoms with Gasteiger partial charge in [-0.05, 0) is 35.3 Å². The molecule has 1 aromatic rings. The molecule has 1 aliphatic heterocycles. The third-order valence-electron chi connectivity index (χ3n) is 3.22. The van der Waals surface area contributed by atoms with Crippen molar-refractivity contribution in [1.82, 2.24) is 5.32 Å². The lowest BCUT2D eigenvalue weighted by Crippen LogP contribution is -2.62. The molecule has 0 aromatic heterocycles. The van der Waals surface area contributed by atoms with Gasteiger partial charge in [0.25, 0.3) is 0 Å². The van der Waals surface area contributed by atoms with Gasteiger partial charge in [0, 0.05) is 6.07 Å². The quantitative estimate of drug-likeness (QED) is 0.835. The summed E-state index contributed by atoms with van der Waals surface area (Å²) in [5, 5.41) is 2.54. The summed E-state index contributed by atoms with van der Waals surface area (Å²) in [4.78, 5) is 25.2. The molecule has 0 aliphatic carbocycles. The van der Waals surface area contributed by atoms with E-state index in [1.165, 1.54) is 13.0 Å². The van der Waals surface area contributed by atoms with Crippen molar-refractivity contribution < 1.29 is 18.4 Å². The summed E-state index contributed by atoms with van der Waals surface area (Å²) >= 11 is 2.96. The predicted molar refractivity (Wildman–Crippen MR) is 73.2 cm³/mol. The number of carbonyl (C=O) groups excluding carboxylic acids is 2. The highest BCUT2D eigenvalue weighted by Gasteiger charge is 2.39. The number of hydrogen-bond donors (Lipinski definition) is 1. The first-order valence-electron chi connectivity index (χ1n) is 6.14. The van der Waals surface area contributed by atoms with Gasteiger partial charge >= 0.3 is 0 Å². The highest BCUT2D eigenvalue weighted by molar-refractivity contribution is 9.10. The summed E-state index contributed by atoms with van der Waals surface area (Å²) in [6, 6.07) is 0.326. The monoisotopic (exact) mass is 346 g/mol. The number of nitrogens with zero attached hydrogens (tertiary/aromatic N) is 1. The molecule has 108 valence electrons. The first kappa shape index (κ1) is 14.9. The topological polar surface area (TPSA) is 49.4 Å². The summed E-state index contributed by atoms with van der Waals surface area (Å²) in [6.45, 7) is 3.24. The van der Waals surface area contributed by atoms with E-state index < -0.39 is 29.6 Å². The molecule has 2 rings (SSSR count). The van der Waals surface area contributed by atoms with Crippen LogP contribution in [0.3, 0.4) is 0 Å². The van der Waals surface area contributed by atoms with E-state index in [4.69, 9.17) is 0 Å². The smallest absolute Gasteiger partial charge is 0.250 e. The zero-order valence-corrected chi connectivity index (χ0v) is 12.5. The maximum atomic E-state index is 14.0. The van der Waals surface area contributed by atoms with E-state index in [-0.39, 0.29) is 16.1 Å². The zero-order chi connectivity index (χ0) is 15.0. The fourth-order valence-electron chi connectivity index (χ4n) is 2.20. The van der Waals surface area contributed by atoms with Crippen LogP contribution in [0.5, 0.6) is 0 Å². The van der Waals surface area contributed by atoms with Gasteiger partial charge in [0.05, 0.1) is 10.2 Å². The standard InChI is InChI=1S/C13H13BrF2N2O2/c1-3-10-12(19)17-6(2)13(20)18(10)11-4-7(14)8(15)5-9(11)16/h4-6,10H,3H2,1-2H3,(H,17,19). The fraction of sp³-hybridized carbons (Fsp3) is 0.385. The minimum absolute atomic E-state index is 0.0372. The maximum Gasteiger partial charge on any atom is 0.250 e. The number of halogens is 3. The van der Waals surface area contributed by atoms with Crippen molar-refractivity contribution in [2.45, 2.75) is 32.4 Å². The van der Waals surface area contributed by atoms with E-state index in [0.717, 1.165) is 4.90 Å². The third kappa shape index (κ3) is 2.42. The molecule has 1 N–H and O–H groups in total. The van der Waals surface area contributed by atoms with Crippen molar-refractivity contribution in [2.75, 3.05) is 4.90 Å². The number of benzene rings is 1. The Morgan fingerprint density at radius 2 is 1.95 bits per heavy atom. The Bertz CT molecular complexity index is 580. The van der Waals surface area contributed by atoms with Crippen molar-refractivity contribution in [3.05, 3.63) is 28.2 Å². The van der Waals surface area contributed by atoms with E-state index in [9.17, 15) is 18.4 Å². The van der Waals surface area contributed by atoms with Gasteiger partial charge in [-0.1, -0.05) is 6.92 Å². The molecule has 0 bridgehead atoms. The molecule has 1 heterocycles. The van der Waals surface area contributed by atoms with E-state index in [1.54, 1.807) is 6.92 Å². The average molecular weight is 347 g/mol. The third-order valence-corrected chi connectivity index (χ3v) is 3.82. The van der Waals surface area contributed by atoms with Crippen molar-refractivity contribution in [2.24, 2.45) is 0 Å². The minimum Gasteiger partial charge on any atom is -0.343 e. The molecule has 7 heteroatoms. The summed E-state index contributed by atoms with van der Waals surface area (Å²) in [5.41, 5.74) is -0.100. The molecule has 4 nitrogen and oxygen atoms in total. The minimum atomic E-state index is -0.876. The van der Waals surface area contributed by atoms with Crippen molar-refractivity contribution in [1.29, 1.82) is 0 Å². The van der Waals surface area contributed by atoms with Crippen LogP contribution >= 0.6 is 15.9 Å². The summed E-state index contributed by atoms with van der Waals surface area (Å²) in [6.07, 6.45) is 0.332. The molecule has 20 heavy (non-hydrogen) atoms. The van der Waals surface area contributed by atoms with E-state index >= 15 is 0 Å². The molecular formula is C13H13BrF2N2O2. The Morgan fingerprint density at radius 3 is 2.55 bits per heavy atom. The van der Waals surface area contributed by atoms with Gasteiger partial charge in [-0.25, -0.2) is 8.78 Å². The molecule has 1 fully saturated rings. The Kier molecular flexibility index (Phi) is 4.08. The molecule has 2 atom stereocenters. The van der Waals surface area contributed by atoms with Crippen LogP contribution < -0.4 is 10.2 Å². The second-order valence-electron chi connectivity index (χ2n) is 4.58. The largest absolute Gasteiger partial charge is 0.343 e. The lowest BCUT2D eigenvalue weighted by molar-refractivity contribution is -0.133. The molecule has 0 saturated carbocycles. The molecule has 2 amide bonds. The van der Waals surface area contributed by atoms with E-state index in [2.05, 4.69) is 21.2 Å². The molecule has 2 unspecified atom stereocenters. The van der Waals surface area contributed by atoms with Crippen molar-refractivity contribution in [3.63, 3.8) is 0 Å². The van der Waals surface area contributed by atoms with E-state index in [1.807, 2.05) is 0 Å². The number of amides is 2. The van der Waals surface area contributed by atoms with Crippen molar-refractivity contribution >= 4 is 33.4 Å². The normalized spacial score (nSPS) is 22.9. The Balaban J connectivity index is 2.54. The second kappa shape index (κ2) is 5.47. The van der Waals surface area contributed by atoms with Crippen LogP contribution in [-0.2, 0) is 9.59 Å². The highest BCUT2D eigenvalue weighted by Crippen LogP contribution is 2.30. The van der Waals surface area contributed by atoms with Gasteiger partial charge in [-0.15, -0.1) is 0 Å². The zero-order valence-electron chi connectivity index (χ0n) is 10.9. The van der Waals surface area contributed by atoms with Crippen LogP contribution in [0.1, 0.15) is 20.3 Å². The molecule has 1 aromatic carbocycles. The number of anilines is 1. The Labute approximate surface area is 123 Å². The Morgan fingerprint density at radius 1 is 1.30 bits per heavy atom. The fourth-order valence-corrected chi connectivity index (χ4v) is 2.53. The molecule has 0 radical (unpaired) electrons. The predicted octanol–water partition coefficient (Wildman–Crippen LogP) is 2.36. The first-order valence-corrected chi connectivity index (χ1v) is 6.94. The van der Waals surface area contributed by atoms with Gasteiger partial charge in [0.1, 0.15) is 23.7 Å². The molecule has 1 aliphatic rings. The molecule has 0 spiro atoms. The SMILES string of the molecule is CCC1C(=O)NC(C)C(=O)N1c1cc(Br)c(F)cc1F. The maximum absolute atomic E-state index is 14.0. The highest BCUT2D eigenvalue weighted by atomic mass is 79.9. The van der Waals surface area contributed by atoms with Gasteiger partial charge in [-0.3, -0.25) is 14.5 Å². The van der Waals surface area contributed by atoms with E-state index in [0.29, 0.717) is 12.5 Å². The van der Waals surface area contributed by atoms with Crippen LogP contribution in [-0.4, -0.2) is 23.9 Å². The summed E-state index contributed by atoms with van der Waals surface area (Å²) in [7, 11) is 0. The second-order valence-corrected chi connectivity index (χ2v) is 5.43. The number of rotatable bonds is 2. The number of hydrogen-bond acceptors (Lipinski definition) is 2. The number of carbonyl (C=O) groups is 2. The van der Waals surface area contributed by atoms with Crippen LogP contribution in [0.25, 0.3) is 0 Å². The van der Waals surface area contributed by atoms with Crippen LogP contribution in [0.2, 0.25) is 0 Å². The van der Waals surface area contributed by atoms with Crippen LogP contribution in [0.15, 0.2) is 16.6 Å².